The number of hydrogen-bond donors (Lipinski definition) is 1. The number of aromatic nitrogens is 4. The summed E-state index contributed by atoms with van der Waals surface area (Å²) in [6.07, 6.45) is 3.41. The Morgan fingerprint density at radius 2 is 2.29 bits per heavy atom. The normalized spacial score (nSPS) is 9.00. The molecule has 0 amide bonds. The maximum Gasteiger partial charge on any atom is 0.293 e. The Bertz CT molecular complexity index is 361. The highest BCUT2D eigenvalue weighted by atomic mass is 32.1. The molecule has 0 unspecified atom stereocenters. The number of nitrogens with zero attached hydrogens (tertiary/aromatic N) is 3. The molecule has 2 radical (unpaired) electrons. The third-order valence-corrected chi connectivity index (χ3v) is 2.02. The van der Waals surface area contributed by atoms with Gasteiger partial charge in [-0.15, -0.1) is 0 Å². The minimum absolute atomic E-state index is 0.561. The topological polar surface area (TPSA) is 63.7 Å². The van der Waals surface area contributed by atoms with E-state index in [4.69, 9.17) is 4.74 Å². The first-order valence-corrected chi connectivity index (χ1v) is 4.62. The zero-order chi connectivity index (χ0) is 10.4. The summed E-state index contributed by atoms with van der Waals surface area (Å²) >= 11 is 1.22. The van der Waals surface area contributed by atoms with Crippen molar-refractivity contribution >= 4 is 19.4 Å². The van der Waals surface area contributed by atoms with Gasteiger partial charge < -0.3 is 4.74 Å². The number of H-pyrrole nitrogens is 1. The second-order valence-corrected chi connectivity index (χ2v) is 2.79. The molecule has 7 heteroatoms. The van der Waals surface area contributed by atoms with E-state index in [2.05, 4.69) is 27.4 Å². The van der Waals surface area contributed by atoms with Gasteiger partial charge in [0.2, 0.25) is 0 Å². The van der Waals surface area contributed by atoms with Gasteiger partial charge in [0, 0.05) is 17.7 Å². The van der Waals surface area contributed by atoms with Crippen molar-refractivity contribution < 1.29 is 4.74 Å². The van der Waals surface area contributed by atoms with Gasteiger partial charge in [0.1, 0.15) is 0 Å². The Hall–Kier alpha value is -1.37. The molecule has 0 aromatic carbocycles. The maximum absolute atomic E-state index is 4.91. The standard InChI is InChI=1S/C6H6N4OS.CH3B/c1-11-6-9-5(10-12-6)4-2-7-8-3-4;1-2/h2-3H,1H3,(H,7,8);1H3. The Labute approximate surface area is 87.1 Å². The number of hydrogen-bond acceptors (Lipinski definition) is 5. The van der Waals surface area contributed by atoms with Gasteiger partial charge in [-0.3, -0.25) is 5.10 Å². The van der Waals surface area contributed by atoms with Crippen molar-refractivity contribution in [1.82, 2.24) is 19.6 Å². The summed E-state index contributed by atoms with van der Waals surface area (Å²) in [5.41, 5.74) is 0.870. The molecule has 0 saturated carbocycles. The van der Waals surface area contributed by atoms with Gasteiger partial charge in [0.15, 0.2) is 5.82 Å². The molecule has 2 heterocycles. The van der Waals surface area contributed by atoms with Crippen molar-refractivity contribution in [3.05, 3.63) is 12.4 Å². The van der Waals surface area contributed by atoms with Crippen LogP contribution in [0.2, 0.25) is 6.82 Å². The van der Waals surface area contributed by atoms with Crippen LogP contribution in [-0.4, -0.2) is 34.5 Å². The zero-order valence-electron chi connectivity index (χ0n) is 7.89. The van der Waals surface area contributed by atoms with E-state index in [1.807, 2.05) is 0 Å². The van der Waals surface area contributed by atoms with E-state index in [1.165, 1.54) is 18.4 Å². The summed E-state index contributed by atoms with van der Waals surface area (Å²) in [6, 6.07) is 0. The average molecular weight is 208 g/mol. The molecular weight excluding hydrogens is 199 g/mol. The molecule has 0 aliphatic carbocycles. The molecule has 0 bridgehead atoms. The monoisotopic (exact) mass is 208 g/mol. The molecule has 5 nitrogen and oxygen atoms in total. The highest BCUT2D eigenvalue weighted by Crippen LogP contribution is 2.20. The molecule has 0 spiro atoms. The second-order valence-electron chi connectivity index (χ2n) is 2.07. The largest absolute Gasteiger partial charge is 0.472 e. The van der Waals surface area contributed by atoms with E-state index < -0.39 is 0 Å². The Balaban J connectivity index is 0.000000461. The number of aromatic amines is 1. The van der Waals surface area contributed by atoms with Crippen LogP contribution in [-0.2, 0) is 0 Å². The molecule has 2 rings (SSSR count). The van der Waals surface area contributed by atoms with Gasteiger partial charge in [-0.25, -0.2) is 0 Å². The molecule has 0 aliphatic rings. The van der Waals surface area contributed by atoms with Crippen LogP contribution in [0.1, 0.15) is 0 Å². The molecule has 14 heavy (non-hydrogen) atoms. The first kappa shape index (κ1) is 10.7. The predicted octanol–water partition coefficient (Wildman–Crippen LogP) is 1.14. The Morgan fingerprint density at radius 1 is 1.50 bits per heavy atom. The van der Waals surface area contributed by atoms with E-state index in [-0.39, 0.29) is 0 Å². The lowest BCUT2D eigenvalue weighted by Gasteiger charge is -1.85. The second kappa shape index (κ2) is 5.38. The van der Waals surface area contributed by atoms with Crippen molar-refractivity contribution in [3.63, 3.8) is 0 Å². The van der Waals surface area contributed by atoms with Gasteiger partial charge in [-0.05, 0) is 0 Å². The van der Waals surface area contributed by atoms with Crippen LogP contribution in [0.25, 0.3) is 11.4 Å². The summed E-state index contributed by atoms with van der Waals surface area (Å²) in [6.45, 7) is 1.50. The van der Waals surface area contributed by atoms with Gasteiger partial charge in [0.05, 0.1) is 26.7 Å². The van der Waals surface area contributed by atoms with Crippen molar-refractivity contribution in [2.24, 2.45) is 0 Å². The highest BCUT2D eigenvalue weighted by molar-refractivity contribution is 7.07. The average Bonchev–Trinajstić information content (AvgIpc) is 2.91. The first-order chi connectivity index (χ1) is 6.90. The van der Waals surface area contributed by atoms with Crippen LogP contribution in [0.15, 0.2) is 12.4 Å². The predicted molar refractivity (Wildman–Crippen MR) is 55.7 cm³/mol. The van der Waals surface area contributed by atoms with Crippen molar-refractivity contribution in [1.29, 1.82) is 0 Å². The third kappa shape index (κ3) is 2.32. The van der Waals surface area contributed by atoms with Crippen LogP contribution in [0.5, 0.6) is 5.19 Å². The summed E-state index contributed by atoms with van der Waals surface area (Å²) in [5.74, 6) is 0.644. The molecule has 1 N–H and O–H groups in total. The first-order valence-electron chi connectivity index (χ1n) is 3.85. The molecule has 2 aromatic heterocycles. The number of ether oxygens (including phenoxy) is 1. The third-order valence-electron chi connectivity index (χ3n) is 1.34. The molecule has 72 valence electrons. The lowest BCUT2D eigenvalue weighted by atomic mass is 10.2. The molecule has 0 aliphatic heterocycles. The van der Waals surface area contributed by atoms with Crippen LogP contribution >= 0.6 is 11.5 Å². The lowest BCUT2D eigenvalue weighted by Crippen LogP contribution is -1.80. The van der Waals surface area contributed by atoms with Crippen molar-refractivity contribution in [2.75, 3.05) is 7.11 Å². The quantitative estimate of drug-likeness (QED) is 0.751. The van der Waals surface area contributed by atoms with Gasteiger partial charge in [-0.2, -0.15) is 14.5 Å². The van der Waals surface area contributed by atoms with E-state index in [0.29, 0.717) is 11.0 Å². The summed E-state index contributed by atoms with van der Waals surface area (Å²) < 4.78 is 8.98. The van der Waals surface area contributed by atoms with Gasteiger partial charge in [-0.1, -0.05) is 6.82 Å². The minimum atomic E-state index is 0.561. The molecule has 0 saturated heterocycles. The highest BCUT2D eigenvalue weighted by Gasteiger charge is 2.06. The van der Waals surface area contributed by atoms with Crippen LogP contribution in [0.3, 0.4) is 0 Å². The minimum Gasteiger partial charge on any atom is -0.472 e. The van der Waals surface area contributed by atoms with Gasteiger partial charge >= 0.3 is 0 Å². The number of nitrogens with one attached hydrogen (secondary N) is 1. The van der Waals surface area contributed by atoms with Crippen molar-refractivity contribution in [3.8, 4) is 16.6 Å². The van der Waals surface area contributed by atoms with Crippen LogP contribution in [0.4, 0.5) is 0 Å². The maximum atomic E-state index is 4.91. The van der Waals surface area contributed by atoms with E-state index in [0.717, 1.165) is 5.56 Å². The fourth-order valence-corrected chi connectivity index (χ4v) is 1.30. The molecule has 2 aromatic rings. The van der Waals surface area contributed by atoms with Crippen LogP contribution in [0, 0.1) is 0 Å². The molecule has 0 atom stereocenters. The van der Waals surface area contributed by atoms with Crippen molar-refractivity contribution in [2.45, 2.75) is 6.82 Å². The molecule has 0 fully saturated rings. The van der Waals surface area contributed by atoms with E-state index >= 15 is 0 Å². The summed E-state index contributed by atoms with van der Waals surface area (Å²) in [7, 11) is 6.07. The molecular formula is C7H9BN4OS. The van der Waals surface area contributed by atoms with Crippen LogP contribution < -0.4 is 4.74 Å². The Kier molecular flexibility index (Phi) is 4.12. The fourth-order valence-electron chi connectivity index (χ4n) is 0.783. The number of methoxy groups -OCH3 is 1. The summed E-state index contributed by atoms with van der Waals surface area (Å²) in [5, 5.41) is 7.04. The zero-order valence-corrected chi connectivity index (χ0v) is 8.71. The lowest BCUT2D eigenvalue weighted by molar-refractivity contribution is 0.412. The van der Waals surface area contributed by atoms with E-state index in [9.17, 15) is 0 Å². The van der Waals surface area contributed by atoms with E-state index in [1.54, 1.807) is 19.5 Å². The van der Waals surface area contributed by atoms with Gasteiger partial charge in [0.25, 0.3) is 5.19 Å². The number of rotatable bonds is 2. The smallest absolute Gasteiger partial charge is 0.293 e. The Morgan fingerprint density at radius 3 is 2.79 bits per heavy atom. The SMILES string of the molecule is COc1nc(-c2cn[nH]c2)ns1.[B]C. The summed E-state index contributed by atoms with van der Waals surface area (Å²) in [4.78, 5) is 4.10. The fraction of sp³-hybridized carbons (Fsp3) is 0.286.